The molecule has 22 heavy (non-hydrogen) atoms. The van der Waals surface area contributed by atoms with Gasteiger partial charge < -0.3 is 0 Å². The van der Waals surface area contributed by atoms with E-state index in [4.69, 9.17) is 0 Å². The van der Waals surface area contributed by atoms with Gasteiger partial charge in [-0.25, -0.2) is 0 Å². The Kier molecular flexibility index (Phi) is 5.65. The average Bonchev–Trinajstić information content (AvgIpc) is 2.49. The molecule has 114 valence electrons. The molecular weight excluding hydrogens is 272 g/mol. The van der Waals surface area contributed by atoms with Gasteiger partial charge in [-0.3, -0.25) is 9.59 Å². The maximum atomic E-state index is 12.2. The number of hydrogen-bond acceptors (Lipinski definition) is 2. The molecule has 0 aliphatic rings. The summed E-state index contributed by atoms with van der Waals surface area (Å²) in [5.74, 6) is -0.0955. The fourth-order valence-electron chi connectivity index (χ4n) is 2.52. The van der Waals surface area contributed by atoms with Crippen LogP contribution in [0.5, 0.6) is 0 Å². The van der Waals surface area contributed by atoms with Gasteiger partial charge in [0, 0.05) is 12.8 Å². The maximum Gasteiger partial charge on any atom is 0.203 e. The third-order valence-corrected chi connectivity index (χ3v) is 3.62. The molecule has 0 fully saturated rings. The molecule has 0 atom stereocenters. The van der Waals surface area contributed by atoms with Gasteiger partial charge in [-0.2, -0.15) is 0 Å². The molecule has 0 saturated carbocycles. The van der Waals surface area contributed by atoms with E-state index in [0.29, 0.717) is 5.92 Å². The molecule has 0 N–H and O–H groups in total. The zero-order valence-electron chi connectivity index (χ0n) is 13.2. The van der Waals surface area contributed by atoms with E-state index in [1.54, 1.807) is 0 Å². The quantitative estimate of drug-likeness (QED) is 0.728. The number of benzene rings is 2. The molecule has 0 heterocycles. The van der Waals surface area contributed by atoms with Gasteiger partial charge in [-0.15, -0.1) is 0 Å². The molecule has 0 aliphatic carbocycles. The van der Waals surface area contributed by atoms with Crippen LogP contribution in [-0.2, 0) is 28.9 Å². The Bertz CT molecular complexity index is 642. The van der Waals surface area contributed by atoms with E-state index in [2.05, 4.69) is 13.8 Å². The predicted molar refractivity (Wildman–Crippen MR) is 88.8 cm³/mol. The predicted octanol–water partition coefficient (Wildman–Crippen LogP) is 3.81. The number of Topliss-reactive ketones (excluding diaryl/α,β-unsaturated/α-hetero) is 2. The van der Waals surface area contributed by atoms with E-state index < -0.39 is 0 Å². The van der Waals surface area contributed by atoms with Gasteiger partial charge in [-0.05, 0) is 29.0 Å². The lowest BCUT2D eigenvalue weighted by atomic mass is 9.93. The summed E-state index contributed by atoms with van der Waals surface area (Å²) in [6, 6.07) is 17.3. The van der Waals surface area contributed by atoms with Crippen LogP contribution in [0.15, 0.2) is 54.6 Å². The van der Waals surface area contributed by atoms with E-state index >= 15 is 0 Å². The fourth-order valence-corrected chi connectivity index (χ4v) is 2.52. The van der Waals surface area contributed by atoms with Crippen molar-refractivity contribution in [2.24, 2.45) is 5.92 Å². The molecule has 2 nitrogen and oxygen atoms in total. The molecule has 2 aromatic rings. The highest BCUT2D eigenvalue weighted by molar-refractivity contribution is 6.38. The summed E-state index contributed by atoms with van der Waals surface area (Å²) >= 11 is 0. The smallest absolute Gasteiger partial charge is 0.203 e. The van der Waals surface area contributed by atoms with Crippen LogP contribution in [0.2, 0.25) is 0 Å². The highest BCUT2D eigenvalue weighted by Crippen LogP contribution is 2.15. The van der Waals surface area contributed by atoms with Crippen molar-refractivity contribution in [3.63, 3.8) is 0 Å². The van der Waals surface area contributed by atoms with Crippen LogP contribution in [0, 0.1) is 5.92 Å². The van der Waals surface area contributed by atoms with Crippen LogP contribution >= 0.6 is 0 Å². The lowest BCUT2D eigenvalue weighted by molar-refractivity contribution is -0.135. The normalized spacial score (nSPS) is 10.7. The molecule has 0 aliphatic heterocycles. The Morgan fingerprint density at radius 2 is 1.32 bits per heavy atom. The van der Waals surface area contributed by atoms with Crippen LogP contribution in [0.1, 0.15) is 30.5 Å². The van der Waals surface area contributed by atoms with Crippen LogP contribution in [0.3, 0.4) is 0 Å². The maximum absolute atomic E-state index is 12.2. The van der Waals surface area contributed by atoms with Crippen molar-refractivity contribution < 1.29 is 9.59 Å². The van der Waals surface area contributed by atoms with Gasteiger partial charge in [0.2, 0.25) is 11.6 Å². The summed E-state index contributed by atoms with van der Waals surface area (Å²) in [7, 11) is 0. The molecule has 0 bridgehead atoms. The Morgan fingerprint density at radius 3 is 1.95 bits per heavy atom. The number of carbonyl (C=O) groups excluding carboxylic acids is 2. The minimum atomic E-state index is -0.314. The molecule has 0 spiro atoms. The zero-order valence-corrected chi connectivity index (χ0v) is 13.2. The van der Waals surface area contributed by atoms with Gasteiger partial charge in [0.1, 0.15) is 0 Å². The summed E-state index contributed by atoms with van der Waals surface area (Å²) in [5, 5.41) is 0. The fraction of sp³-hybridized carbons (Fsp3) is 0.300. The molecule has 0 aromatic heterocycles. The number of rotatable bonds is 7. The summed E-state index contributed by atoms with van der Waals surface area (Å²) in [5.41, 5.74) is 3.03. The van der Waals surface area contributed by atoms with E-state index in [1.807, 2.05) is 54.6 Å². The summed E-state index contributed by atoms with van der Waals surface area (Å²) < 4.78 is 0. The van der Waals surface area contributed by atoms with Crippen LogP contribution in [-0.4, -0.2) is 11.6 Å². The van der Waals surface area contributed by atoms with Crippen molar-refractivity contribution in [1.82, 2.24) is 0 Å². The van der Waals surface area contributed by atoms with E-state index in [9.17, 15) is 9.59 Å². The number of ketones is 2. The summed E-state index contributed by atoms with van der Waals surface area (Å²) in [6.07, 6.45) is 1.32. The molecule has 2 rings (SSSR count). The molecule has 2 heteroatoms. The van der Waals surface area contributed by atoms with Gasteiger partial charge in [0.05, 0.1) is 0 Å². The Balaban J connectivity index is 2.04. The van der Waals surface area contributed by atoms with E-state index in [0.717, 1.165) is 17.5 Å². The van der Waals surface area contributed by atoms with Gasteiger partial charge in [0.25, 0.3) is 0 Å². The Hall–Kier alpha value is -2.22. The highest BCUT2D eigenvalue weighted by atomic mass is 16.2. The van der Waals surface area contributed by atoms with Crippen molar-refractivity contribution in [3.8, 4) is 0 Å². The first-order valence-corrected chi connectivity index (χ1v) is 7.73. The SMILES string of the molecule is CC(C)Cc1ccccc1CC(=O)C(=O)Cc1ccccc1. The topological polar surface area (TPSA) is 34.1 Å². The lowest BCUT2D eigenvalue weighted by Gasteiger charge is -2.10. The van der Waals surface area contributed by atoms with Crippen molar-refractivity contribution in [2.75, 3.05) is 0 Å². The Labute approximate surface area is 132 Å². The monoisotopic (exact) mass is 294 g/mol. The van der Waals surface area contributed by atoms with Crippen LogP contribution in [0.25, 0.3) is 0 Å². The largest absolute Gasteiger partial charge is 0.291 e. The molecule has 0 saturated heterocycles. The van der Waals surface area contributed by atoms with Gasteiger partial charge >= 0.3 is 0 Å². The molecule has 0 radical (unpaired) electrons. The molecular formula is C20H22O2. The minimum Gasteiger partial charge on any atom is -0.291 e. The number of carbonyl (C=O) groups is 2. The summed E-state index contributed by atoms with van der Waals surface area (Å²) in [6.45, 7) is 4.30. The third-order valence-electron chi connectivity index (χ3n) is 3.62. The third kappa shape index (κ3) is 4.66. The van der Waals surface area contributed by atoms with Crippen molar-refractivity contribution >= 4 is 11.6 Å². The van der Waals surface area contributed by atoms with Crippen molar-refractivity contribution in [2.45, 2.75) is 33.1 Å². The molecule has 2 aromatic carbocycles. The second kappa shape index (κ2) is 7.69. The molecule has 0 unspecified atom stereocenters. The first-order chi connectivity index (χ1) is 10.6. The number of hydrogen-bond donors (Lipinski definition) is 0. The second-order valence-corrected chi connectivity index (χ2v) is 6.05. The standard InChI is InChI=1S/C20H22O2/c1-15(2)12-17-10-6-7-11-18(17)14-20(22)19(21)13-16-8-4-3-5-9-16/h3-11,15H,12-14H2,1-2H3. The van der Waals surface area contributed by atoms with Crippen molar-refractivity contribution in [1.29, 1.82) is 0 Å². The average molecular weight is 294 g/mol. The summed E-state index contributed by atoms with van der Waals surface area (Å²) in [4.78, 5) is 24.3. The first kappa shape index (κ1) is 16.2. The van der Waals surface area contributed by atoms with Gasteiger partial charge in [-0.1, -0.05) is 68.4 Å². The Morgan fingerprint density at radius 1 is 0.773 bits per heavy atom. The van der Waals surface area contributed by atoms with Crippen molar-refractivity contribution in [3.05, 3.63) is 71.3 Å². The molecule has 0 amide bonds. The second-order valence-electron chi connectivity index (χ2n) is 6.05. The minimum absolute atomic E-state index is 0.187. The van der Waals surface area contributed by atoms with E-state index in [-0.39, 0.29) is 24.4 Å². The lowest BCUT2D eigenvalue weighted by Crippen LogP contribution is -2.19. The first-order valence-electron chi connectivity index (χ1n) is 7.73. The van der Waals surface area contributed by atoms with Crippen LogP contribution < -0.4 is 0 Å². The van der Waals surface area contributed by atoms with Crippen LogP contribution in [0.4, 0.5) is 0 Å². The van der Waals surface area contributed by atoms with E-state index in [1.165, 1.54) is 5.56 Å². The van der Waals surface area contributed by atoms with Gasteiger partial charge in [0.15, 0.2) is 0 Å². The zero-order chi connectivity index (χ0) is 15.9. The highest BCUT2D eigenvalue weighted by Gasteiger charge is 2.16.